The van der Waals surface area contributed by atoms with Gasteiger partial charge in [-0.3, -0.25) is 4.79 Å². The minimum atomic E-state index is -0.987. The average molecular weight is 365 g/mol. The molecule has 0 bridgehead atoms. The molecular formula is C16H13BrO3S. The van der Waals surface area contributed by atoms with Crippen LogP contribution in [0.4, 0.5) is 0 Å². The van der Waals surface area contributed by atoms with Gasteiger partial charge in [-0.1, -0.05) is 40.2 Å². The molecule has 21 heavy (non-hydrogen) atoms. The van der Waals surface area contributed by atoms with Gasteiger partial charge in [0, 0.05) is 15.8 Å². The molecule has 0 amide bonds. The monoisotopic (exact) mass is 364 g/mol. The van der Waals surface area contributed by atoms with Crippen molar-refractivity contribution >= 4 is 39.4 Å². The largest absolute Gasteiger partial charge is 0.478 e. The van der Waals surface area contributed by atoms with Gasteiger partial charge in [0.1, 0.15) is 0 Å². The molecule has 0 heterocycles. The van der Waals surface area contributed by atoms with Crippen LogP contribution in [0.25, 0.3) is 0 Å². The third kappa shape index (κ3) is 4.72. The van der Waals surface area contributed by atoms with Crippen LogP contribution >= 0.6 is 27.7 Å². The molecule has 0 unspecified atom stereocenters. The van der Waals surface area contributed by atoms with E-state index in [1.54, 1.807) is 23.9 Å². The van der Waals surface area contributed by atoms with E-state index in [-0.39, 0.29) is 11.3 Å². The molecule has 0 aliphatic carbocycles. The summed E-state index contributed by atoms with van der Waals surface area (Å²) in [5, 5.41) is 8.81. The van der Waals surface area contributed by atoms with Gasteiger partial charge in [-0.2, -0.15) is 0 Å². The van der Waals surface area contributed by atoms with Crippen LogP contribution in [0.2, 0.25) is 0 Å². The SMILES string of the molecule is O=C(O)c1ccc(C(=O)CSCc2ccc(Br)cc2)cc1. The second kappa shape index (κ2) is 7.43. The van der Waals surface area contributed by atoms with Crippen molar-refractivity contribution in [3.05, 3.63) is 69.7 Å². The quantitative estimate of drug-likeness (QED) is 0.777. The number of Topliss-reactive ketones (excluding diaryl/α,β-unsaturated/α-hetero) is 1. The number of hydrogen-bond donors (Lipinski definition) is 1. The molecule has 0 saturated heterocycles. The maximum Gasteiger partial charge on any atom is 0.335 e. The lowest BCUT2D eigenvalue weighted by Crippen LogP contribution is -2.04. The summed E-state index contributed by atoms with van der Waals surface area (Å²) in [4.78, 5) is 22.7. The number of hydrogen-bond acceptors (Lipinski definition) is 3. The van der Waals surface area contributed by atoms with Gasteiger partial charge in [-0.05, 0) is 29.8 Å². The Balaban J connectivity index is 1.86. The van der Waals surface area contributed by atoms with Crippen molar-refractivity contribution in [1.82, 2.24) is 0 Å². The van der Waals surface area contributed by atoms with E-state index in [0.29, 0.717) is 11.3 Å². The lowest BCUT2D eigenvalue weighted by Gasteiger charge is -2.03. The summed E-state index contributed by atoms with van der Waals surface area (Å²) in [6, 6.07) is 14.0. The van der Waals surface area contributed by atoms with Crippen molar-refractivity contribution in [2.24, 2.45) is 0 Å². The number of benzene rings is 2. The van der Waals surface area contributed by atoms with E-state index in [2.05, 4.69) is 15.9 Å². The Morgan fingerprint density at radius 3 is 2.10 bits per heavy atom. The maximum absolute atomic E-state index is 12.0. The molecule has 5 heteroatoms. The van der Waals surface area contributed by atoms with Crippen LogP contribution in [0.15, 0.2) is 53.0 Å². The summed E-state index contributed by atoms with van der Waals surface area (Å²) in [7, 11) is 0. The van der Waals surface area contributed by atoms with Gasteiger partial charge in [-0.25, -0.2) is 4.79 Å². The predicted molar refractivity (Wildman–Crippen MR) is 88.0 cm³/mol. The Hall–Kier alpha value is -1.59. The zero-order valence-electron chi connectivity index (χ0n) is 11.1. The first-order valence-electron chi connectivity index (χ1n) is 6.25. The number of aromatic carboxylic acids is 1. The zero-order chi connectivity index (χ0) is 15.2. The summed E-state index contributed by atoms with van der Waals surface area (Å²) < 4.78 is 1.03. The van der Waals surface area contributed by atoms with Gasteiger partial charge in [0.2, 0.25) is 0 Å². The first-order chi connectivity index (χ1) is 10.1. The van der Waals surface area contributed by atoms with Gasteiger partial charge < -0.3 is 5.11 Å². The van der Waals surface area contributed by atoms with E-state index in [9.17, 15) is 9.59 Å². The molecule has 0 saturated carbocycles. The number of ketones is 1. The maximum atomic E-state index is 12.0. The smallest absolute Gasteiger partial charge is 0.335 e. The van der Waals surface area contributed by atoms with E-state index < -0.39 is 5.97 Å². The van der Waals surface area contributed by atoms with Crippen molar-refractivity contribution in [3.8, 4) is 0 Å². The first-order valence-corrected chi connectivity index (χ1v) is 8.20. The summed E-state index contributed by atoms with van der Waals surface area (Å²) >= 11 is 4.93. The first kappa shape index (κ1) is 15.8. The van der Waals surface area contributed by atoms with Crippen molar-refractivity contribution < 1.29 is 14.7 Å². The molecule has 0 aliphatic heterocycles. The van der Waals surface area contributed by atoms with E-state index in [0.717, 1.165) is 15.8 Å². The lowest BCUT2D eigenvalue weighted by atomic mass is 10.1. The molecular weight excluding hydrogens is 352 g/mol. The minimum Gasteiger partial charge on any atom is -0.478 e. The third-order valence-electron chi connectivity index (χ3n) is 2.87. The fourth-order valence-corrected chi connectivity index (χ4v) is 2.87. The highest BCUT2D eigenvalue weighted by Crippen LogP contribution is 2.17. The number of carbonyl (C=O) groups excluding carboxylic acids is 1. The highest BCUT2D eigenvalue weighted by Gasteiger charge is 2.08. The highest BCUT2D eigenvalue weighted by molar-refractivity contribution is 9.10. The second-order valence-electron chi connectivity index (χ2n) is 4.42. The second-order valence-corrected chi connectivity index (χ2v) is 6.33. The Morgan fingerprint density at radius 2 is 1.52 bits per heavy atom. The molecule has 0 aromatic heterocycles. The van der Waals surface area contributed by atoms with Crippen LogP contribution in [0.5, 0.6) is 0 Å². The Labute approximate surface area is 135 Å². The van der Waals surface area contributed by atoms with E-state index in [1.165, 1.54) is 12.1 Å². The number of rotatable bonds is 6. The fraction of sp³-hybridized carbons (Fsp3) is 0.125. The van der Waals surface area contributed by atoms with E-state index in [4.69, 9.17) is 5.11 Å². The van der Waals surface area contributed by atoms with E-state index in [1.807, 2.05) is 24.3 Å². The highest BCUT2D eigenvalue weighted by atomic mass is 79.9. The topological polar surface area (TPSA) is 54.4 Å². The molecule has 108 valence electrons. The summed E-state index contributed by atoms with van der Waals surface area (Å²) in [5.74, 6) is 0.169. The number of carboxylic acid groups (broad SMARTS) is 1. The van der Waals surface area contributed by atoms with Crippen molar-refractivity contribution in [1.29, 1.82) is 0 Å². The Bertz CT molecular complexity index is 636. The summed E-state index contributed by atoms with van der Waals surface area (Å²) in [6.45, 7) is 0. The molecule has 0 spiro atoms. The van der Waals surface area contributed by atoms with Crippen LogP contribution in [0.3, 0.4) is 0 Å². The van der Waals surface area contributed by atoms with Crippen LogP contribution in [-0.4, -0.2) is 22.6 Å². The third-order valence-corrected chi connectivity index (χ3v) is 4.40. The molecule has 3 nitrogen and oxygen atoms in total. The standard InChI is InChI=1S/C16H13BrO3S/c17-14-7-1-11(2-8-14)9-21-10-15(18)12-3-5-13(6-4-12)16(19)20/h1-8H,9-10H2,(H,19,20). The molecule has 2 rings (SSSR count). The molecule has 2 aromatic rings. The number of carboxylic acids is 1. The molecule has 0 radical (unpaired) electrons. The van der Waals surface area contributed by atoms with Crippen molar-refractivity contribution in [2.45, 2.75) is 5.75 Å². The Kier molecular flexibility index (Phi) is 5.59. The average Bonchev–Trinajstić information content (AvgIpc) is 2.49. The molecule has 2 aromatic carbocycles. The molecule has 0 atom stereocenters. The summed E-state index contributed by atoms with van der Waals surface area (Å²) in [6.07, 6.45) is 0. The fourth-order valence-electron chi connectivity index (χ4n) is 1.72. The van der Waals surface area contributed by atoms with Crippen LogP contribution in [-0.2, 0) is 5.75 Å². The molecule has 1 N–H and O–H groups in total. The van der Waals surface area contributed by atoms with Crippen LogP contribution in [0, 0.1) is 0 Å². The van der Waals surface area contributed by atoms with Crippen molar-refractivity contribution in [3.63, 3.8) is 0 Å². The molecule has 0 fully saturated rings. The van der Waals surface area contributed by atoms with Gasteiger partial charge in [0.15, 0.2) is 5.78 Å². The zero-order valence-corrected chi connectivity index (χ0v) is 13.5. The van der Waals surface area contributed by atoms with Crippen molar-refractivity contribution in [2.75, 3.05) is 5.75 Å². The van der Waals surface area contributed by atoms with E-state index >= 15 is 0 Å². The van der Waals surface area contributed by atoms with Crippen LogP contribution < -0.4 is 0 Å². The van der Waals surface area contributed by atoms with Gasteiger partial charge in [0.25, 0.3) is 0 Å². The number of halogens is 1. The summed E-state index contributed by atoms with van der Waals surface area (Å²) in [5.41, 5.74) is 1.90. The normalized spacial score (nSPS) is 10.3. The molecule has 0 aliphatic rings. The van der Waals surface area contributed by atoms with Gasteiger partial charge in [-0.15, -0.1) is 11.8 Å². The minimum absolute atomic E-state index is 0.00838. The number of thioether (sulfide) groups is 1. The van der Waals surface area contributed by atoms with Gasteiger partial charge >= 0.3 is 5.97 Å². The predicted octanol–water partition coefficient (Wildman–Crippen LogP) is 4.26. The lowest BCUT2D eigenvalue weighted by molar-refractivity contribution is 0.0696. The Morgan fingerprint density at radius 1 is 0.952 bits per heavy atom. The van der Waals surface area contributed by atoms with Crippen LogP contribution in [0.1, 0.15) is 26.3 Å². The number of carbonyl (C=O) groups is 2. The van der Waals surface area contributed by atoms with Gasteiger partial charge in [0.05, 0.1) is 11.3 Å².